The molecule has 38 heavy (non-hydrogen) atoms. The van der Waals surface area contributed by atoms with Crippen LogP contribution in [0.1, 0.15) is 21.6 Å². The fraction of sp³-hybridized carbons (Fsp3) is 0.160. The molecule has 0 unspecified atom stereocenters. The topological polar surface area (TPSA) is 101 Å². The van der Waals surface area contributed by atoms with Crippen LogP contribution in [0.4, 0.5) is 18.9 Å². The molecule has 1 aliphatic rings. The molecule has 3 aromatic heterocycles. The minimum absolute atomic E-state index is 0.102. The van der Waals surface area contributed by atoms with E-state index in [0.29, 0.717) is 23.9 Å². The molecule has 1 N–H and O–H groups in total. The highest BCUT2D eigenvalue weighted by Gasteiger charge is 2.37. The molecule has 1 aromatic carbocycles. The second-order valence-corrected chi connectivity index (χ2v) is 11.2. The first-order valence-electron chi connectivity index (χ1n) is 11.1. The third-order valence-corrected chi connectivity index (χ3v) is 8.48. The van der Waals surface area contributed by atoms with Crippen molar-refractivity contribution in [1.82, 2.24) is 14.9 Å². The zero-order valence-corrected chi connectivity index (χ0v) is 21.5. The normalized spacial score (nSPS) is 13.5. The van der Waals surface area contributed by atoms with Crippen LogP contribution in [0.3, 0.4) is 0 Å². The average Bonchev–Trinajstić information content (AvgIpc) is 3.48. The zero-order chi connectivity index (χ0) is 27.2. The summed E-state index contributed by atoms with van der Waals surface area (Å²) < 4.78 is 73.7. The lowest BCUT2D eigenvalue weighted by Gasteiger charge is -2.15. The lowest BCUT2D eigenvalue weighted by atomic mass is 10.1. The van der Waals surface area contributed by atoms with Gasteiger partial charge in [-0.3, -0.25) is 14.5 Å². The molecule has 0 saturated heterocycles. The van der Waals surface area contributed by atoms with Crippen LogP contribution in [0.15, 0.2) is 65.8 Å². The van der Waals surface area contributed by atoms with Crippen LogP contribution in [-0.2, 0) is 22.7 Å². The summed E-state index contributed by atoms with van der Waals surface area (Å²) in [6.07, 6.45) is -1.77. The fourth-order valence-electron chi connectivity index (χ4n) is 4.07. The third kappa shape index (κ3) is 4.70. The number of nitrogens with one attached hydrogen (secondary N) is 1. The molecule has 5 rings (SSSR count). The van der Waals surface area contributed by atoms with E-state index in [1.54, 1.807) is 18.1 Å². The van der Waals surface area contributed by atoms with Crippen molar-refractivity contribution >= 4 is 33.0 Å². The minimum atomic E-state index is -4.86. The SMILES string of the molecule is COc1ncc(-c2ccc(-c3cnc4c(c3)CN(C)C4=O)s2)cc1NS(=O)(=O)c1ccccc1C(F)(F)F. The van der Waals surface area contributed by atoms with Gasteiger partial charge in [-0.2, -0.15) is 13.2 Å². The highest BCUT2D eigenvalue weighted by Crippen LogP contribution is 2.39. The van der Waals surface area contributed by atoms with E-state index in [1.165, 1.54) is 36.8 Å². The summed E-state index contributed by atoms with van der Waals surface area (Å²) in [5, 5.41) is 0. The number of methoxy groups -OCH3 is 1. The highest BCUT2D eigenvalue weighted by atomic mass is 32.2. The van der Waals surface area contributed by atoms with Gasteiger partial charge in [-0.15, -0.1) is 11.3 Å². The Morgan fingerprint density at radius 2 is 1.68 bits per heavy atom. The molecule has 196 valence electrons. The average molecular weight is 561 g/mol. The fourth-order valence-corrected chi connectivity index (χ4v) is 6.32. The first kappa shape index (κ1) is 25.7. The Bertz CT molecular complexity index is 1670. The number of carbonyl (C=O) groups is 1. The molecule has 1 aliphatic heterocycles. The molecule has 0 fully saturated rings. The van der Waals surface area contributed by atoms with Gasteiger partial charge in [0.15, 0.2) is 0 Å². The number of amides is 1. The Labute approximate surface area is 219 Å². The second-order valence-electron chi connectivity index (χ2n) is 8.44. The highest BCUT2D eigenvalue weighted by molar-refractivity contribution is 7.92. The van der Waals surface area contributed by atoms with Gasteiger partial charge in [-0.1, -0.05) is 12.1 Å². The van der Waals surface area contributed by atoms with E-state index in [0.717, 1.165) is 33.0 Å². The standard InChI is InChI=1S/C25H19F3N4O4S2/c1-32-13-16-9-14(11-29-22(16)24(32)33)19-7-8-20(37-19)15-10-18(23(36-2)30-12-15)31-38(34,35)21-6-4-3-5-17(21)25(26,27)28/h3-12,31H,13H2,1-2H3. The number of thiophene rings is 1. The van der Waals surface area contributed by atoms with Crippen molar-refractivity contribution in [3.63, 3.8) is 0 Å². The number of halogens is 3. The maximum absolute atomic E-state index is 13.5. The second kappa shape index (κ2) is 9.40. The van der Waals surface area contributed by atoms with Crippen LogP contribution in [-0.4, -0.2) is 43.4 Å². The lowest BCUT2D eigenvalue weighted by molar-refractivity contribution is -0.139. The van der Waals surface area contributed by atoms with Gasteiger partial charge in [-0.25, -0.2) is 13.4 Å². The van der Waals surface area contributed by atoms with Gasteiger partial charge in [0.1, 0.15) is 11.4 Å². The van der Waals surface area contributed by atoms with Crippen molar-refractivity contribution in [3.05, 3.63) is 77.7 Å². The number of pyridine rings is 2. The summed E-state index contributed by atoms with van der Waals surface area (Å²) in [5.74, 6) is -0.231. The summed E-state index contributed by atoms with van der Waals surface area (Å²) in [6.45, 7) is 0.469. The van der Waals surface area contributed by atoms with Crippen molar-refractivity contribution in [2.75, 3.05) is 18.9 Å². The number of rotatable bonds is 6. The number of sulfonamides is 1. The van der Waals surface area contributed by atoms with E-state index in [9.17, 15) is 26.4 Å². The lowest BCUT2D eigenvalue weighted by Crippen LogP contribution is -2.19. The van der Waals surface area contributed by atoms with Crippen LogP contribution in [0.2, 0.25) is 0 Å². The van der Waals surface area contributed by atoms with Gasteiger partial charge in [0.2, 0.25) is 5.88 Å². The van der Waals surface area contributed by atoms with Crippen molar-refractivity contribution < 1.29 is 31.1 Å². The molecule has 13 heteroatoms. The van der Waals surface area contributed by atoms with Gasteiger partial charge in [0.05, 0.1) is 17.6 Å². The Kier molecular flexibility index (Phi) is 6.35. The number of benzene rings is 1. The van der Waals surface area contributed by atoms with E-state index >= 15 is 0 Å². The van der Waals surface area contributed by atoms with E-state index in [4.69, 9.17) is 4.74 Å². The quantitative estimate of drug-likeness (QED) is 0.344. The molecule has 4 heterocycles. The van der Waals surface area contributed by atoms with Crippen molar-refractivity contribution in [1.29, 1.82) is 0 Å². The Morgan fingerprint density at radius 1 is 1.03 bits per heavy atom. The molecule has 0 bridgehead atoms. The maximum atomic E-state index is 13.5. The number of hydrogen-bond donors (Lipinski definition) is 1. The number of alkyl halides is 3. The predicted molar refractivity (Wildman–Crippen MR) is 135 cm³/mol. The molecule has 0 aliphatic carbocycles. The monoisotopic (exact) mass is 560 g/mol. The van der Waals surface area contributed by atoms with Crippen LogP contribution in [0.25, 0.3) is 20.9 Å². The summed E-state index contributed by atoms with van der Waals surface area (Å²) >= 11 is 1.38. The van der Waals surface area contributed by atoms with Gasteiger partial charge in [-0.05, 0) is 36.4 Å². The molecular weight excluding hydrogens is 541 g/mol. The Hall–Kier alpha value is -3.97. The molecule has 8 nitrogen and oxygen atoms in total. The number of nitrogens with zero attached hydrogens (tertiary/aromatic N) is 3. The maximum Gasteiger partial charge on any atom is 0.417 e. The van der Waals surface area contributed by atoms with Gasteiger partial charge in [0.25, 0.3) is 15.9 Å². The number of aromatic nitrogens is 2. The molecule has 0 atom stereocenters. The number of carbonyl (C=O) groups excluding carboxylic acids is 1. The van der Waals surface area contributed by atoms with Gasteiger partial charge in [0, 0.05) is 52.4 Å². The van der Waals surface area contributed by atoms with E-state index in [-0.39, 0.29) is 17.5 Å². The first-order valence-corrected chi connectivity index (χ1v) is 13.4. The molecular formula is C25H19F3N4O4S2. The number of anilines is 1. The van der Waals surface area contributed by atoms with E-state index in [2.05, 4.69) is 14.7 Å². The largest absolute Gasteiger partial charge is 0.480 e. The van der Waals surface area contributed by atoms with E-state index < -0.39 is 26.7 Å². The zero-order valence-electron chi connectivity index (χ0n) is 19.9. The molecule has 1 amide bonds. The van der Waals surface area contributed by atoms with E-state index in [1.807, 2.05) is 18.2 Å². The van der Waals surface area contributed by atoms with Crippen LogP contribution < -0.4 is 9.46 Å². The Morgan fingerprint density at radius 3 is 2.37 bits per heavy atom. The number of ether oxygens (including phenoxy) is 1. The van der Waals surface area contributed by atoms with Gasteiger partial charge >= 0.3 is 6.18 Å². The third-order valence-electron chi connectivity index (χ3n) is 5.87. The van der Waals surface area contributed by atoms with Crippen LogP contribution >= 0.6 is 11.3 Å². The molecule has 0 spiro atoms. The summed E-state index contributed by atoms with van der Waals surface area (Å²) in [7, 11) is -1.66. The summed E-state index contributed by atoms with van der Waals surface area (Å²) in [5.41, 5.74) is 1.19. The van der Waals surface area contributed by atoms with Crippen LogP contribution in [0.5, 0.6) is 5.88 Å². The molecule has 4 aromatic rings. The summed E-state index contributed by atoms with van der Waals surface area (Å²) in [6, 6.07) is 10.9. The smallest absolute Gasteiger partial charge is 0.417 e. The van der Waals surface area contributed by atoms with Crippen molar-refractivity contribution in [2.45, 2.75) is 17.6 Å². The first-order chi connectivity index (χ1) is 18.0. The van der Waals surface area contributed by atoms with Crippen molar-refractivity contribution in [3.8, 4) is 26.8 Å². The molecule has 0 saturated carbocycles. The van der Waals surface area contributed by atoms with Crippen LogP contribution in [0, 0.1) is 0 Å². The van der Waals surface area contributed by atoms with Crippen molar-refractivity contribution in [2.24, 2.45) is 0 Å². The summed E-state index contributed by atoms with van der Waals surface area (Å²) in [4.78, 5) is 22.8. The molecule has 0 radical (unpaired) electrons. The number of hydrogen-bond acceptors (Lipinski definition) is 7. The number of fused-ring (bicyclic) bond motifs is 1. The minimum Gasteiger partial charge on any atom is -0.480 e. The predicted octanol–water partition coefficient (Wildman–Crippen LogP) is 5.29. The Balaban J connectivity index is 1.47. The van der Waals surface area contributed by atoms with Gasteiger partial charge < -0.3 is 9.64 Å².